The fourth-order valence-corrected chi connectivity index (χ4v) is 6.19. The van der Waals surface area contributed by atoms with Gasteiger partial charge in [-0.25, -0.2) is 8.42 Å². The van der Waals surface area contributed by atoms with E-state index in [0.29, 0.717) is 12.0 Å². The highest BCUT2D eigenvalue weighted by molar-refractivity contribution is 7.91. The fourth-order valence-electron chi connectivity index (χ4n) is 4.24. The van der Waals surface area contributed by atoms with Crippen LogP contribution in [0.2, 0.25) is 5.02 Å². The lowest BCUT2D eigenvalue weighted by molar-refractivity contribution is -0.148. The Morgan fingerprint density at radius 2 is 1.62 bits per heavy atom. The maximum Gasteiger partial charge on any atom is 0.182 e. The highest BCUT2D eigenvalue weighted by Gasteiger charge is 2.54. The second-order valence-corrected chi connectivity index (χ2v) is 10.9. The lowest BCUT2D eigenvalue weighted by Crippen LogP contribution is -2.52. The Hall–Kier alpha value is -1.53. The van der Waals surface area contributed by atoms with Crippen molar-refractivity contribution in [2.24, 2.45) is 16.7 Å². The molecule has 1 saturated carbocycles. The highest BCUT2D eigenvalue weighted by Crippen LogP contribution is 2.45. The Balaban J connectivity index is 2.10. The summed E-state index contributed by atoms with van der Waals surface area (Å²) in [5, 5.41) is 0.0374. The van der Waals surface area contributed by atoms with E-state index in [0.717, 1.165) is 0 Å². The Bertz CT molecular complexity index is 930. The van der Waals surface area contributed by atoms with E-state index in [1.165, 1.54) is 12.1 Å². The number of fused-ring (bicyclic) bond motifs is 1. The number of hydrogen-bond acceptors (Lipinski definition) is 5. The Morgan fingerprint density at radius 3 is 2.15 bits per heavy atom. The summed E-state index contributed by atoms with van der Waals surface area (Å²) < 4.78 is 24.0. The third-order valence-corrected chi connectivity index (χ3v) is 7.65. The molecule has 140 valence electrons. The van der Waals surface area contributed by atoms with E-state index in [2.05, 4.69) is 0 Å². The summed E-state index contributed by atoms with van der Waals surface area (Å²) in [5.41, 5.74) is -1.16. The van der Waals surface area contributed by atoms with Crippen LogP contribution in [-0.2, 0) is 25.8 Å². The van der Waals surface area contributed by atoms with Gasteiger partial charge in [-0.2, -0.15) is 0 Å². The van der Waals surface area contributed by atoms with Crippen molar-refractivity contribution in [2.45, 2.75) is 45.4 Å². The first-order valence-corrected chi connectivity index (χ1v) is 10.5. The molecule has 0 aromatic heterocycles. The molecule has 0 amide bonds. The van der Waals surface area contributed by atoms with E-state index in [1.54, 1.807) is 27.7 Å². The predicted molar refractivity (Wildman–Crippen MR) is 97.2 cm³/mol. The molecular formula is C19H21ClO5S. The molecule has 1 heterocycles. The van der Waals surface area contributed by atoms with E-state index in [4.69, 9.17) is 11.6 Å². The van der Waals surface area contributed by atoms with Crippen LogP contribution in [-0.4, -0.2) is 31.5 Å². The second-order valence-electron chi connectivity index (χ2n) is 8.44. The Kier molecular flexibility index (Phi) is 4.24. The first kappa shape index (κ1) is 19.2. The topological polar surface area (TPSA) is 85.3 Å². The van der Waals surface area contributed by atoms with Gasteiger partial charge in [0.1, 0.15) is 5.92 Å². The zero-order valence-corrected chi connectivity index (χ0v) is 16.8. The van der Waals surface area contributed by atoms with Gasteiger partial charge in [-0.1, -0.05) is 39.3 Å². The minimum atomic E-state index is -3.38. The van der Waals surface area contributed by atoms with Crippen LogP contribution in [0.3, 0.4) is 0 Å². The summed E-state index contributed by atoms with van der Waals surface area (Å²) in [6, 6.07) is 2.67. The van der Waals surface area contributed by atoms with Crippen LogP contribution in [0.15, 0.2) is 17.0 Å². The summed E-state index contributed by atoms with van der Waals surface area (Å²) in [4.78, 5) is 38.9. The number of hydrogen-bond donors (Lipinski definition) is 0. The lowest BCUT2D eigenvalue weighted by atomic mass is 9.58. The van der Waals surface area contributed by atoms with E-state index in [9.17, 15) is 22.8 Å². The minimum Gasteiger partial charge on any atom is -0.298 e. The van der Waals surface area contributed by atoms with E-state index in [-0.39, 0.29) is 27.7 Å². The maximum atomic E-state index is 13.1. The monoisotopic (exact) mass is 396 g/mol. The van der Waals surface area contributed by atoms with Gasteiger partial charge < -0.3 is 0 Å². The smallest absolute Gasteiger partial charge is 0.182 e. The molecule has 1 aromatic rings. The molecule has 26 heavy (non-hydrogen) atoms. The molecule has 7 heteroatoms. The zero-order valence-electron chi connectivity index (χ0n) is 15.2. The number of carbonyl (C=O) groups excluding carboxylic acids is 3. The molecule has 3 rings (SSSR count). The highest BCUT2D eigenvalue weighted by atomic mass is 35.5. The van der Waals surface area contributed by atoms with Crippen LogP contribution in [0.5, 0.6) is 0 Å². The Labute approximate surface area is 158 Å². The number of halogens is 1. The number of rotatable bonds is 2. The number of ketones is 3. The standard InChI is InChI=1S/C19H21ClO5S/c1-18(2)9-19(3,4)17(23)13(16(18)22)15(21)11-5-6-12-10(14(11)20)7-8-26(12,24)25/h5-6,13H,7-9H2,1-4H3. The number of benzene rings is 1. The quantitative estimate of drug-likeness (QED) is 0.566. The maximum absolute atomic E-state index is 13.1. The molecule has 0 atom stereocenters. The molecule has 0 saturated heterocycles. The average Bonchev–Trinajstić information content (AvgIpc) is 2.81. The van der Waals surface area contributed by atoms with Crippen LogP contribution in [0.1, 0.15) is 50.0 Å². The average molecular weight is 397 g/mol. The van der Waals surface area contributed by atoms with Gasteiger partial charge in [0.15, 0.2) is 27.2 Å². The third kappa shape index (κ3) is 2.74. The van der Waals surface area contributed by atoms with Gasteiger partial charge in [0.2, 0.25) is 0 Å². The van der Waals surface area contributed by atoms with Crippen molar-refractivity contribution < 1.29 is 22.8 Å². The molecule has 1 fully saturated rings. The van der Waals surface area contributed by atoms with Crippen LogP contribution in [0.25, 0.3) is 0 Å². The fraction of sp³-hybridized carbons (Fsp3) is 0.526. The summed E-state index contributed by atoms with van der Waals surface area (Å²) in [5.74, 6) is -2.91. The van der Waals surface area contributed by atoms with Crippen molar-refractivity contribution in [1.82, 2.24) is 0 Å². The third-order valence-electron chi connectivity index (χ3n) is 5.43. The Morgan fingerprint density at radius 1 is 1.08 bits per heavy atom. The van der Waals surface area contributed by atoms with Gasteiger partial charge in [-0.05, 0) is 30.5 Å². The zero-order chi connectivity index (χ0) is 19.7. The summed E-state index contributed by atoms with van der Waals surface area (Å²) in [6.07, 6.45) is 0.596. The van der Waals surface area contributed by atoms with Gasteiger partial charge in [0.25, 0.3) is 0 Å². The van der Waals surface area contributed by atoms with E-state index < -0.39 is 43.9 Å². The van der Waals surface area contributed by atoms with Gasteiger partial charge in [-0.15, -0.1) is 0 Å². The van der Waals surface area contributed by atoms with Crippen molar-refractivity contribution in [3.05, 3.63) is 28.3 Å². The van der Waals surface area contributed by atoms with Gasteiger partial charge in [0, 0.05) is 16.4 Å². The summed E-state index contributed by atoms with van der Waals surface area (Å²) >= 11 is 6.33. The van der Waals surface area contributed by atoms with Crippen molar-refractivity contribution in [3.8, 4) is 0 Å². The van der Waals surface area contributed by atoms with Gasteiger partial charge in [0.05, 0.1) is 15.7 Å². The second kappa shape index (κ2) is 5.73. The molecule has 0 unspecified atom stereocenters. The van der Waals surface area contributed by atoms with Crippen molar-refractivity contribution in [2.75, 3.05) is 5.75 Å². The molecule has 5 nitrogen and oxygen atoms in total. The molecule has 0 spiro atoms. The van der Waals surface area contributed by atoms with Crippen molar-refractivity contribution >= 4 is 38.8 Å². The molecule has 0 bridgehead atoms. The summed E-state index contributed by atoms with van der Waals surface area (Å²) in [6.45, 7) is 6.95. The SMILES string of the molecule is CC1(C)CC(C)(C)C(=O)C(C(=O)c2ccc3c(c2Cl)CCS3(=O)=O)C1=O. The normalized spacial score (nSPS) is 23.7. The molecule has 2 aliphatic rings. The lowest BCUT2D eigenvalue weighted by Gasteiger charge is -2.41. The molecule has 0 radical (unpaired) electrons. The molecule has 1 aliphatic carbocycles. The first-order valence-electron chi connectivity index (χ1n) is 8.46. The largest absolute Gasteiger partial charge is 0.298 e. The van der Waals surface area contributed by atoms with E-state index in [1.807, 2.05) is 0 Å². The van der Waals surface area contributed by atoms with Crippen LogP contribution < -0.4 is 0 Å². The number of sulfone groups is 1. The molecule has 0 N–H and O–H groups in total. The van der Waals surface area contributed by atoms with Gasteiger partial charge >= 0.3 is 0 Å². The van der Waals surface area contributed by atoms with Crippen LogP contribution in [0.4, 0.5) is 0 Å². The molecule has 1 aliphatic heterocycles. The van der Waals surface area contributed by atoms with Crippen molar-refractivity contribution in [3.63, 3.8) is 0 Å². The van der Waals surface area contributed by atoms with Crippen LogP contribution >= 0.6 is 11.6 Å². The molecular weight excluding hydrogens is 376 g/mol. The van der Waals surface area contributed by atoms with Gasteiger partial charge in [-0.3, -0.25) is 14.4 Å². The molecule has 1 aromatic carbocycles. The van der Waals surface area contributed by atoms with Crippen molar-refractivity contribution in [1.29, 1.82) is 0 Å². The number of Topliss-reactive ketones (excluding diaryl/α,β-unsaturated/α-hetero) is 3. The number of carbonyl (C=O) groups is 3. The minimum absolute atomic E-state index is 0.0374. The summed E-state index contributed by atoms with van der Waals surface area (Å²) in [7, 11) is -3.38. The first-order chi connectivity index (χ1) is 11.8. The van der Waals surface area contributed by atoms with Crippen LogP contribution in [0, 0.1) is 16.7 Å². The predicted octanol–water partition coefficient (Wildman–Crippen LogP) is 3.06. The van der Waals surface area contributed by atoms with E-state index >= 15 is 0 Å².